The van der Waals surface area contributed by atoms with Crippen molar-refractivity contribution >= 4 is 23.7 Å². The molecule has 0 aromatic heterocycles. The first-order chi connectivity index (χ1) is 26.7. The molecule has 5 N–H and O–H groups in total. The van der Waals surface area contributed by atoms with Crippen LogP contribution in [0.1, 0.15) is 108 Å². The summed E-state index contributed by atoms with van der Waals surface area (Å²) in [6.07, 6.45) is -11.7. The molecule has 0 radical (unpaired) electrons. The van der Waals surface area contributed by atoms with Crippen LogP contribution in [-0.2, 0) is 52.3 Å². The number of cyclic esters (lactones) is 1. The van der Waals surface area contributed by atoms with Crippen LogP contribution in [0.25, 0.3) is 0 Å². The Balaban J connectivity index is 2.24. The molecule has 0 unspecified atom stereocenters. The second kappa shape index (κ2) is 20.0. The number of hydrogen-bond donors (Lipinski definition) is 5. The van der Waals surface area contributed by atoms with Gasteiger partial charge in [-0.25, -0.2) is 0 Å². The van der Waals surface area contributed by atoms with Crippen LogP contribution >= 0.6 is 0 Å². The number of methoxy groups -OCH3 is 1. The Labute approximate surface area is 342 Å². The molecule has 0 amide bonds. The second-order valence-electron chi connectivity index (χ2n) is 17.8. The van der Waals surface area contributed by atoms with E-state index in [1.54, 1.807) is 55.6 Å². The molecule has 58 heavy (non-hydrogen) atoms. The summed E-state index contributed by atoms with van der Waals surface area (Å²) < 4.78 is 43.4. The first-order valence-electron chi connectivity index (χ1n) is 20.5. The molecule has 3 heterocycles. The lowest BCUT2D eigenvalue weighted by atomic mass is 9.74. The van der Waals surface area contributed by atoms with Crippen molar-refractivity contribution in [3.05, 3.63) is 0 Å². The van der Waals surface area contributed by atoms with Crippen molar-refractivity contribution in [3.63, 3.8) is 0 Å². The molecular weight excluding hydrogens is 762 g/mol. The van der Waals surface area contributed by atoms with Crippen LogP contribution in [0.2, 0.25) is 0 Å². The van der Waals surface area contributed by atoms with E-state index >= 15 is 0 Å². The van der Waals surface area contributed by atoms with E-state index < -0.39 is 144 Å². The van der Waals surface area contributed by atoms with Gasteiger partial charge in [0.15, 0.2) is 18.7 Å². The standard InChI is InChI=1S/C41H71NO16/c1-14-27-41(10,51)34(47)22(4)31(46)20(2)18-39(8,50)36(58-38-33(56-29(45)16-15-28(43)44)26(42(11)12)17-21(3)53-38)23(5)32(24(6)37(49)55-27)57-30-19-40(9,52-13)35(48)25(7)54-30/h20-27,30,32-36,38,47-48,50-51H,14-19H2,1-13H3,(H,43,44)/t20-,21-,22+,23+,24-,25+,26+,27-,30+,32+,33-,34-,35+,36-,38+,39-,40-,41-/m1/s1. The number of nitrogens with zero attached hydrogens (tertiary/aromatic N) is 1. The number of rotatable bonds is 11. The lowest BCUT2D eigenvalue weighted by Gasteiger charge is -2.49. The Hall–Kier alpha value is -2.32. The largest absolute Gasteiger partial charge is 0.481 e. The predicted octanol–water partition coefficient (Wildman–Crippen LogP) is 2.20. The first-order valence-corrected chi connectivity index (χ1v) is 20.5. The van der Waals surface area contributed by atoms with Crippen LogP contribution in [0.4, 0.5) is 0 Å². The van der Waals surface area contributed by atoms with Gasteiger partial charge in [-0.15, -0.1) is 0 Å². The van der Waals surface area contributed by atoms with Crippen LogP contribution in [-0.4, -0.2) is 160 Å². The predicted molar refractivity (Wildman–Crippen MR) is 207 cm³/mol. The number of aliphatic hydroxyl groups is 4. The molecule has 0 bridgehead atoms. The van der Waals surface area contributed by atoms with Gasteiger partial charge in [0.1, 0.15) is 23.6 Å². The quantitative estimate of drug-likeness (QED) is 0.188. The lowest BCUT2D eigenvalue weighted by Crippen LogP contribution is -2.61. The number of ether oxygens (including phenoxy) is 7. The molecule has 18 atom stereocenters. The molecule has 3 rings (SSSR count). The van der Waals surface area contributed by atoms with Crippen molar-refractivity contribution in [2.24, 2.45) is 23.7 Å². The van der Waals surface area contributed by atoms with Gasteiger partial charge in [-0.05, 0) is 74.9 Å². The zero-order chi connectivity index (χ0) is 44.2. The molecule has 3 saturated heterocycles. The first kappa shape index (κ1) is 50.0. The number of carboxylic acids is 1. The summed E-state index contributed by atoms with van der Waals surface area (Å²) in [4.78, 5) is 54.4. The van der Waals surface area contributed by atoms with Crippen molar-refractivity contribution in [2.45, 2.75) is 192 Å². The number of carbonyl (C=O) groups excluding carboxylic acids is 3. The summed E-state index contributed by atoms with van der Waals surface area (Å²) >= 11 is 0. The lowest BCUT2D eigenvalue weighted by molar-refractivity contribution is -0.319. The molecular formula is C41H71NO16. The minimum Gasteiger partial charge on any atom is -0.481 e. The molecule has 0 aromatic rings. The number of hydrogen-bond acceptors (Lipinski definition) is 16. The fourth-order valence-corrected chi connectivity index (χ4v) is 8.94. The molecule has 17 heteroatoms. The molecule has 0 spiro atoms. The van der Waals surface area contributed by atoms with E-state index in [0.717, 1.165) is 0 Å². The summed E-state index contributed by atoms with van der Waals surface area (Å²) in [6, 6.07) is -0.473. The molecule has 0 saturated carbocycles. The van der Waals surface area contributed by atoms with Crippen molar-refractivity contribution in [1.29, 1.82) is 0 Å². The average molecular weight is 834 g/mol. The van der Waals surface area contributed by atoms with E-state index in [1.165, 1.54) is 27.9 Å². The number of aliphatic hydroxyl groups excluding tert-OH is 2. The highest BCUT2D eigenvalue weighted by Crippen LogP contribution is 2.41. The fraction of sp³-hybridized carbons (Fsp3) is 0.902. The van der Waals surface area contributed by atoms with Crippen molar-refractivity contribution in [2.75, 3.05) is 21.2 Å². The molecule has 0 aromatic carbocycles. The zero-order valence-corrected chi connectivity index (χ0v) is 36.6. The Morgan fingerprint density at radius 3 is 2.05 bits per heavy atom. The van der Waals surface area contributed by atoms with Crippen molar-refractivity contribution in [1.82, 2.24) is 4.90 Å². The summed E-state index contributed by atoms with van der Waals surface area (Å²) in [7, 11) is 5.03. The SMILES string of the molecule is CC[C@H]1OC(=O)[C@H](C)[C@@H](O[C@H]2C[C@@](C)(OC)[C@@H](O)[C@H](C)O2)[C@H](C)[C@@H](O[C@@H]2O[C@H](C)C[C@H](N(C)C)[C@H]2OC(=O)CCC(=O)O)[C@](C)(O)C[C@@H](C)C(=O)[C@H](C)[C@@H](O)[C@]1(C)O. The normalized spacial score (nSPS) is 45.0. The summed E-state index contributed by atoms with van der Waals surface area (Å²) in [5.74, 6) is -7.44. The van der Waals surface area contributed by atoms with Crippen LogP contribution in [0, 0.1) is 23.7 Å². The minimum absolute atomic E-state index is 0.0337. The summed E-state index contributed by atoms with van der Waals surface area (Å²) in [6.45, 7) is 15.9. The molecule has 336 valence electrons. The van der Waals surface area contributed by atoms with Gasteiger partial charge in [-0.2, -0.15) is 0 Å². The van der Waals surface area contributed by atoms with E-state index in [1.807, 2.05) is 11.8 Å². The smallest absolute Gasteiger partial charge is 0.311 e. The monoisotopic (exact) mass is 833 g/mol. The van der Waals surface area contributed by atoms with Gasteiger partial charge in [0.25, 0.3) is 0 Å². The Bertz CT molecular complexity index is 1410. The second-order valence-corrected chi connectivity index (χ2v) is 17.8. The van der Waals surface area contributed by atoms with Gasteiger partial charge in [0.05, 0.1) is 66.5 Å². The van der Waals surface area contributed by atoms with Gasteiger partial charge in [0, 0.05) is 31.3 Å². The highest BCUT2D eigenvalue weighted by molar-refractivity contribution is 5.83. The van der Waals surface area contributed by atoms with E-state index in [9.17, 15) is 44.7 Å². The average Bonchev–Trinajstić information content (AvgIpc) is 3.14. The van der Waals surface area contributed by atoms with Gasteiger partial charge in [-0.3, -0.25) is 19.2 Å². The molecule has 3 aliphatic heterocycles. The number of ketones is 1. The highest BCUT2D eigenvalue weighted by atomic mass is 16.7. The van der Waals surface area contributed by atoms with Crippen LogP contribution in [0.15, 0.2) is 0 Å². The van der Waals surface area contributed by atoms with Gasteiger partial charge < -0.3 is 63.6 Å². The topological polar surface area (TPSA) is 237 Å². The number of Topliss-reactive ketones (excluding diaryl/α,β-unsaturated/α-hetero) is 1. The van der Waals surface area contributed by atoms with Gasteiger partial charge >= 0.3 is 17.9 Å². The number of aliphatic carboxylic acids is 1. The maximum atomic E-state index is 14.2. The van der Waals surface area contributed by atoms with Gasteiger partial charge in [-0.1, -0.05) is 27.7 Å². The zero-order valence-electron chi connectivity index (χ0n) is 36.6. The van der Waals surface area contributed by atoms with Crippen molar-refractivity contribution in [3.8, 4) is 0 Å². The molecule has 17 nitrogen and oxygen atoms in total. The third kappa shape index (κ3) is 11.5. The number of esters is 2. The van der Waals surface area contributed by atoms with Crippen LogP contribution in [0.3, 0.4) is 0 Å². The van der Waals surface area contributed by atoms with E-state index in [-0.39, 0.29) is 19.3 Å². The van der Waals surface area contributed by atoms with E-state index in [0.29, 0.717) is 6.42 Å². The molecule has 3 aliphatic rings. The van der Waals surface area contributed by atoms with Crippen molar-refractivity contribution < 1.29 is 77.9 Å². The van der Waals surface area contributed by atoms with Crippen LogP contribution < -0.4 is 0 Å². The number of carbonyl (C=O) groups is 4. The summed E-state index contributed by atoms with van der Waals surface area (Å²) in [5, 5.41) is 55.9. The Morgan fingerprint density at radius 2 is 1.50 bits per heavy atom. The Morgan fingerprint density at radius 1 is 0.879 bits per heavy atom. The Kier molecular flexibility index (Phi) is 17.3. The maximum Gasteiger partial charge on any atom is 0.311 e. The highest BCUT2D eigenvalue weighted by Gasteiger charge is 2.54. The molecule has 3 fully saturated rings. The number of likely N-dealkylation sites (N-methyl/N-ethyl adjacent to an activating group) is 1. The van der Waals surface area contributed by atoms with Gasteiger partial charge in [0.2, 0.25) is 0 Å². The third-order valence-corrected chi connectivity index (χ3v) is 12.6. The van der Waals surface area contributed by atoms with E-state index in [2.05, 4.69) is 0 Å². The minimum atomic E-state index is -2.05. The van der Waals surface area contributed by atoms with E-state index in [4.69, 9.17) is 33.2 Å². The maximum absolute atomic E-state index is 14.2. The number of carboxylic acid groups (broad SMARTS) is 1. The van der Waals surface area contributed by atoms with Crippen LogP contribution in [0.5, 0.6) is 0 Å². The molecule has 0 aliphatic carbocycles. The third-order valence-electron chi connectivity index (χ3n) is 12.6. The fourth-order valence-electron chi connectivity index (χ4n) is 8.94. The summed E-state index contributed by atoms with van der Waals surface area (Å²) in [5.41, 5.74) is -5.08.